The molecule has 4 N–H and O–H groups in total. The Morgan fingerprint density at radius 2 is 1.95 bits per heavy atom. The van der Waals surface area contributed by atoms with E-state index in [1.165, 1.54) is 0 Å². The van der Waals surface area contributed by atoms with Crippen molar-refractivity contribution >= 4 is 27.8 Å². The van der Waals surface area contributed by atoms with Gasteiger partial charge in [-0.25, -0.2) is 19.9 Å². The zero-order valence-corrected chi connectivity index (χ0v) is 20.6. The van der Waals surface area contributed by atoms with Gasteiger partial charge in [-0.1, -0.05) is 13.8 Å². The summed E-state index contributed by atoms with van der Waals surface area (Å²) in [5, 5.41) is 21.7. The Morgan fingerprint density at radius 1 is 1.08 bits per heavy atom. The monoisotopic (exact) mass is 494 g/mol. The Morgan fingerprint density at radius 3 is 2.76 bits per heavy atom. The zero-order valence-electron chi connectivity index (χ0n) is 20.6. The number of aryl methyl sites for hydroxylation is 1. The fourth-order valence-corrected chi connectivity index (χ4v) is 4.38. The molecule has 6 rings (SSSR count). The van der Waals surface area contributed by atoms with Gasteiger partial charge in [0.05, 0.1) is 28.5 Å². The molecular formula is C26H26N10O. The lowest BCUT2D eigenvalue weighted by Crippen LogP contribution is -2.20. The van der Waals surface area contributed by atoms with Gasteiger partial charge >= 0.3 is 0 Å². The van der Waals surface area contributed by atoms with Crippen LogP contribution in [0.5, 0.6) is 0 Å². The molecule has 0 aromatic carbocycles. The maximum atomic E-state index is 10.3. The number of imidazole rings is 2. The van der Waals surface area contributed by atoms with E-state index in [2.05, 4.69) is 54.3 Å². The highest BCUT2D eigenvalue weighted by atomic mass is 16.3. The summed E-state index contributed by atoms with van der Waals surface area (Å²) in [4.78, 5) is 26.0. The first-order valence-corrected chi connectivity index (χ1v) is 12.0. The van der Waals surface area contributed by atoms with Gasteiger partial charge in [-0.2, -0.15) is 5.10 Å². The summed E-state index contributed by atoms with van der Waals surface area (Å²) in [6.45, 7) is 6.07. The molecule has 37 heavy (non-hydrogen) atoms. The Kier molecular flexibility index (Phi) is 5.61. The second kappa shape index (κ2) is 9.10. The first kappa shape index (κ1) is 22.8. The van der Waals surface area contributed by atoms with Crippen molar-refractivity contribution in [2.45, 2.75) is 33.4 Å². The van der Waals surface area contributed by atoms with Gasteiger partial charge in [0.15, 0.2) is 17.3 Å². The molecule has 0 spiro atoms. The number of anilines is 1. The van der Waals surface area contributed by atoms with Crippen LogP contribution in [0.15, 0.2) is 55.5 Å². The minimum atomic E-state index is -0.642. The number of pyridine rings is 3. The molecule has 0 saturated carbocycles. The molecule has 0 aliphatic carbocycles. The van der Waals surface area contributed by atoms with E-state index in [4.69, 9.17) is 4.98 Å². The zero-order chi connectivity index (χ0) is 25.5. The lowest BCUT2D eigenvalue weighted by atomic mass is 10.1. The minimum Gasteiger partial charge on any atom is -0.374 e. The third-order valence-corrected chi connectivity index (χ3v) is 6.08. The number of hydrogen-bond donors (Lipinski definition) is 4. The Hall–Kier alpha value is -4.64. The summed E-state index contributed by atoms with van der Waals surface area (Å²) < 4.78 is 1.86. The number of aromatic nitrogens is 9. The maximum Gasteiger partial charge on any atom is 0.181 e. The summed E-state index contributed by atoms with van der Waals surface area (Å²) in [6.07, 6.45) is 10.6. The van der Waals surface area contributed by atoms with Crippen LogP contribution in [-0.4, -0.2) is 56.0 Å². The fraction of sp³-hybridized carbons (Fsp3) is 0.231. The molecule has 1 unspecified atom stereocenters. The van der Waals surface area contributed by atoms with Crippen molar-refractivity contribution in [3.63, 3.8) is 0 Å². The smallest absolute Gasteiger partial charge is 0.181 e. The molecule has 0 fully saturated rings. The second-order valence-corrected chi connectivity index (χ2v) is 9.48. The first-order valence-electron chi connectivity index (χ1n) is 12.0. The van der Waals surface area contributed by atoms with Crippen molar-refractivity contribution in [1.29, 1.82) is 0 Å². The van der Waals surface area contributed by atoms with Gasteiger partial charge in [0.2, 0.25) is 0 Å². The predicted octanol–water partition coefficient (Wildman–Crippen LogP) is 4.23. The van der Waals surface area contributed by atoms with Gasteiger partial charge < -0.3 is 15.4 Å². The van der Waals surface area contributed by atoms with E-state index in [0.717, 1.165) is 44.6 Å². The van der Waals surface area contributed by atoms with E-state index >= 15 is 0 Å². The third-order valence-electron chi connectivity index (χ3n) is 6.08. The molecular weight excluding hydrogens is 468 g/mol. The summed E-state index contributed by atoms with van der Waals surface area (Å²) in [5.41, 5.74) is 6.26. The highest BCUT2D eigenvalue weighted by molar-refractivity contribution is 5.94. The molecule has 6 heterocycles. The largest absolute Gasteiger partial charge is 0.374 e. The van der Waals surface area contributed by atoms with Gasteiger partial charge in [0, 0.05) is 35.9 Å². The van der Waals surface area contributed by atoms with Crippen molar-refractivity contribution < 1.29 is 5.11 Å². The molecule has 186 valence electrons. The fourth-order valence-electron chi connectivity index (χ4n) is 4.38. The third kappa shape index (κ3) is 4.40. The van der Waals surface area contributed by atoms with Gasteiger partial charge in [0.25, 0.3) is 0 Å². The lowest BCUT2D eigenvalue weighted by molar-refractivity contribution is 0.176. The average Bonchev–Trinajstić information content (AvgIpc) is 3.60. The standard InChI is InChI=1S/C26H26N10O/c1-14(2)6-21(37)31-18-7-16(9-27-11-18)17-8-19-22(34-35-24(19)29-10-17)25-32-20-4-5-28-26(23(20)33-25)36-12-15(3)30-13-36/h4-5,7-14,21,31,37H,6H2,1-3H3,(H,32,33)(H,29,34,35). The number of aliphatic hydroxyl groups is 1. The highest BCUT2D eigenvalue weighted by Gasteiger charge is 2.17. The lowest BCUT2D eigenvalue weighted by Gasteiger charge is -2.16. The van der Waals surface area contributed by atoms with Crippen LogP contribution in [0.2, 0.25) is 0 Å². The summed E-state index contributed by atoms with van der Waals surface area (Å²) >= 11 is 0. The number of aromatic amines is 2. The number of nitrogens with zero attached hydrogens (tertiary/aromatic N) is 7. The quantitative estimate of drug-likeness (QED) is 0.241. The molecule has 0 aliphatic rings. The molecule has 0 saturated heterocycles. The molecule has 0 aliphatic heterocycles. The molecule has 1 atom stereocenters. The molecule has 6 aromatic rings. The second-order valence-electron chi connectivity index (χ2n) is 9.48. The first-order chi connectivity index (χ1) is 17.9. The Labute approximate surface area is 212 Å². The van der Waals surface area contributed by atoms with Crippen LogP contribution in [-0.2, 0) is 0 Å². The van der Waals surface area contributed by atoms with Crippen molar-refractivity contribution in [2.75, 3.05) is 5.32 Å². The Bertz CT molecular complexity index is 1710. The van der Waals surface area contributed by atoms with E-state index in [1.54, 1.807) is 31.1 Å². The van der Waals surface area contributed by atoms with Crippen LogP contribution < -0.4 is 5.32 Å². The van der Waals surface area contributed by atoms with Crippen molar-refractivity contribution in [1.82, 2.24) is 44.7 Å². The van der Waals surface area contributed by atoms with Crippen molar-refractivity contribution in [3.05, 3.63) is 61.2 Å². The van der Waals surface area contributed by atoms with Crippen LogP contribution in [0.3, 0.4) is 0 Å². The number of nitrogens with one attached hydrogen (secondary N) is 3. The van der Waals surface area contributed by atoms with E-state index < -0.39 is 6.23 Å². The summed E-state index contributed by atoms with van der Waals surface area (Å²) in [6, 6.07) is 5.85. The molecule has 6 aromatic heterocycles. The van der Waals surface area contributed by atoms with Crippen LogP contribution in [0, 0.1) is 12.8 Å². The molecule has 0 radical (unpaired) electrons. The van der Waals surface area contributed by atoms with Gasteiger partial charge in [0.1, 0.15) is 23.8 Å². The average molecular weight is 495 g/mol. The number of H-pyrrole nitrogens is 2. The van der Waals surface area contributed by atoms with Gasteiger partial charge in [-0.15, -0.1) is 0 Å². The number of rotatable bonds is 7. The molecule has 11 nitrogen and oxygen atoms in total. The van der Waals surface area contributed by atoms with Crippen molar-refractivity contribution in [3.8, 4) is 28.5 Å². The summed E-state index contributed by atoms with van der Waals surface area (Å²) in [5.74, 6) is 1.70. The van der Waals surface area contributed by atoms with Crippen LogP contribution in [0.1, 0.15) is 26.0 Å². The number of fused-ring (bicyclic) bond motifs is 2. The number of hydrogen-bond acceptors (Lipinski definition) is 8. The van der Waals surface area contributed by atoms with E-state index in [0.29, 0.717) is 29.6 Å². The van der Waals surface area contributed by atoms with E-state index in [9.17, 15) is 5.11 Å². The van der Waals surface area contributed by atoms with Crippen molar-refractivity contribution in [2.24, 2.45) is 5.92 Å². The van der Waals surface area contributed by atoms with E-state index in [1.807, 2.05) is 35.9 Å². The molecule has 11 heteroatoms. The summed E-state index contributed by atoms with van der Waals surface area (Å²) in [7, 11) is 0. The van der Waals surface area contributed by atoms with Crippen LogP contribution in [0.4, 0.5) is 5.69 Å². The van der Waals surface area contributed by atoms with Crippen LogP contribution in [0.25, 0.3) is 50.5 Å². The minimum absolute atomic E-state index is 0.374. The number of aliphatic hydroxyl groups excluding tert-OH is 1. The van der Waals surface area contributed by atoms with Gasteiger partial charge in [-0.3, -0.25) is 14.6 Å². The highest BCUT2D eigenvalue weighted by Crippen LogP contribution is 2.30. The van der Waals surface area contributed by atoms with Crippen LogP contribution >= 0.6 is 0 Å². The Balaban J connectivity index is 1.37. The maximum absolute atomic E-state index is 10.3. The predicted molar refractivity (Wildman–Crippen MR) is 141 cm³/mol. The molecule has 0 bridgehead atoms. The van der Waals surface area contributed by atoms with E-state index in [-0.39, 0.29) is 0 Å². The molecule has 0 amide bonds. The SMILES string of the molecule is Cc1cn(-c2nccc3[nH]c(-c4[nH]nc5ncc(-c6cncc(NC(O)CC(C)C)c6)cc45)nc23)cn1. The van der Waals surface area contributed by atoms with Gasteiger partial charge in [-0.05, 0) is 37.5 Å². The normalized spacial score (nSPS) is 12.6. The topological polar surface area (TPSA) is 146 Å².